The van der Waals surface area contributed by atoms with Crippen LogP contribution in [0.15, 0.2) is 30.6 Å². The van der Waals surface area contributed by atoms with Crippen LogP contribution in [0, 0.1) is 5.82 Å². The highest BCUT2D eigenvalue weighted by Crippen LogP contribution is 2.15. The second-order valence-electron chi connectivity index (χ2n) is 5.07. The number of aryl methyl sites for hydroxylation is 1. The minimum absolute atomic E-state index is 0.277. The van der Waals surface area contributed by atoms with Crippen LogP contribution in [0.1, 0.15) is 23.9 Å². The number of aliphatic hydroxyl groups is 1. The Morgan fingerprint density at radius 1 is 1.40 bits per heavy atom. The number of fused-ring (bicyclic) bond motifs is 1. The monoisotopic (exact) mass is 276 g/mol. The van der Waals surface area contributed by atoms with Crippen LogP contribution in [0.5, 0.6) is 0 Å². The molecule has 2 heterocycles. The quantitative estimate of drug-likeness (QED) is 0.876. The van der Waals surface area contributed by atoms with Crippen molar-refractivity contribution in [1.82, 2.24) is 20.1 Å². The third-order valence-corrected chi connectivity index (χ3v) is 3.66. The maximum absolute atomic E-state index is 12.8. The molecule has 0 saturated carbocycles. The van der Waals surface area contributed by atoms with Crippen LogP contribution in [-0.4, -0.2) is 32.5 Å². The SMILES string of the molecule is O[C@H](CN[C@@H]1CCc2ncnn2C1)c1ccc(F)cc1. The van der Waals surface area contributed by atoms with Crippen molar-refractivity contribution >= 4 is 0 Å². The molecule has 1 aromatic carbocycles. The smallest absolute Gasteiger partial charge is 0.138 e. The first-order valence-corrected chi connectivity index (χ1v) is 6.76. The Hall–Kier alpha value is -1.79. The second kappa shape index (κ2) is 5.68. The molecule has 0 amide bonds. The molecule has 0 bridgehead atoms. The first-order chi connectivity index (χ1) is 9.72. The highest BCUT2D eigenvalue weighted by atomic mass is 19.1. The van der Waals surface area contributed by atoms with Crippen molar-refractivity contribution in [3.63, 3.8) is 0 Å². The normalized spacial score (nSPS) is 19.6. The lowest BCUT2D eigenvalue weighted by Crippen LogP contribution is -2.39. The van der Waals surface area contributed by atoms with Gasteiger partial charge in [0.1, 0.15) is 18.0 Å². The number of nitrogens with zero attached hydrogens (tertiary/aromatic N) is 3. The molecule has 2 N–H and O–H groups in total. The summed E-state index contributed by atoms with van der Waals surface area (Å²) >= 11 is 0. The Labute approximate surface area is 116 Å². The molecule has 0 unspecified atom stereocenters. The molecule has 1 aliphatic rings. The fourth-order valence-electron chi connectivity index (χ4n) is 2.49. The van der Waals surface area contributed by atoms with Crippen LogP contribution in [0.2, 0.25) is 0 Å². The maximum Gasteiger partial charge on any atom is 0.138 e. The number of benzene rings is 1. The summed E-state index contributed by atoms with van der Waals surface area (Å²) < 4.78 is 14.7. The Kier molecular flexibility index (Phi) is 3.75. The standard InChI is InChI=1S/C14H17FN4O/c15-11-3-1-10(2-4-11)13(20)7-16-12-5-6-14-17-9-18-19(14)8-12/h1-4,9,12-13,16,20H,5-8H2/t12-,13-/m1/s1. The van der Waals surface area contributed by atoms with Crippen LogP contribution in [0.25, 0.3) is 0 Å². The molecule has 106 valence electrons. The summed E-state index contributed by atoms with van der Waals surface area (Å²) in [5.74, 6) is 0.724. The Morgan fingerprint density at radius 3 is 3.00 bits per heavy atom. The summed E-state index contributed by atoms with van der Waals surface area (Å²) in [7, 11) is 0. The van der Waals surface area contributed by atoms with Gasteiger partial charge in [-0.3, -0.25) is 0 Å². The Morgan fingerprint density at radius 2 is 2.20 bits per heavy atom. The third-order valence-electron chi connectivity index (χ3n) is 3.66. The molecule has 2 atom stereocenters. The predicted octanol–water partition coefficient (Wildman–Crippen LogP) is 1.06. The van der Waals surface area contributed by atoms with Crippen molar-refractivity contribution in [1.29, 1.82) is 0 Å². The molecule has 3 rings (SSSR count). The zero-order chi connectivity index (χ0) is 13.9. The summed E-state index contributed by atoms with van der Waals surface area (Å²) in [4.78, 5) is 4.18. The summed E-state index contributed by atoms with van der Waals surface area (Å²) in [5.41, 5.74) is 0.719. The number of hydrogen-bond donors (Lipinski definition) is 2. The van der Waals surface area contributed by atoms with Crippen LogP contribution >= 0.6 is 0 Å². The van der Waals surface area contributed by atoms with Crippen LogP contribution in [-0.2, 0) is 13.0 Å². The minimum Gasteiger partial charge on any atom is -0.387 e. The molecule has 0 spiro atoms. The highest BCUT2D eigenvalue weighted by Gasteiger charge is 2.20. The van der Waals surface area contributed by atoms with Crippen molar-refractivity contribution in [2.75, 3.05) is 6.54 Å². The van der Waals surface area contributed by atoms with Crippen molar-refractivity contribution in [3.05, 3.63) is 47.8 Å². The zero-order valence-electron chi connectivity index (χ0n) is 11.0. The van der Waals surface area contributed by atoms with E-state index in [-0.39, 0.29) is 11.9 Å². The van der Waals surface area contributed by atoms with E-state index in [4.69, 9.17) is 0 Å². The molecule has 0 saturated heterocycles. The number of hydrogen-bond acceptors (Lipinski definition) is 4. The van der Waals surface area contributed by atoms with Crippen molar-refractivity contribution in [3.8, 4) is 0 Å². The molecule has 6 heteroatoms. The number of halogens is 1. The molecule has 2 aromatic rings. The Bertz CT molecular complexity index is 569. The number of rotatable bonds is 4. The van der Waals surface area contributed by atoms with Gasteiger partial charge in [0.15, 0.2) is 0 Å². The maximum atomic E-state index is 12.8. The molecular weight excluding hydrogens is 259 g/mol. The predicted molar refractivity (Wildman–Crippen MR) is 71.5 cm³/mol. The molecule has 20 heavy (non-hydrogen) atoms. The molecular formula is C14H17FN4O. The van der Waals surface area contributed by atoms with E-state index < -0.39 is 6.10 Å². The van der Waals surface area contributed by atoms with Crippen molar-refractivity contribution in [2.45, 2.75) is 31.5 Å². The van der Waals surface area contributed by atoms with E-state index >= 15 is 0 Å². The van der Waals surface area contributed by atoms with Crippen LogP contribution < -0.4 is 5.32 Å². The molecule has 1 aliphatic heterocycles. The van der Waals surface area contributed by atoms with Gasteiger partial charge in [0.25, 0.3) is 0 Å². The van der Waals surface area contributed by atoms with Gasteiger partial charge in [0, 0.05) is 19.0 Å². The van der Waals surface area contributed by atoms with E-state index in [0.717, 1.165) is 30.8 Å². The highest BCUT2D eigenvalue weighted by molar-refractivity contribution is 5.18. The van der Waals surface area contributed by atoms with Gasteiger partial charge in [-0.15, -0.1) is 0 Å². The van der Waals surface area contributed by atoms with Crippen molar-refractivity contribution < 1.29 is 9.50 Å². The molecule has 5 nitrogen and oxygen atoms in total. The lowest BCUT2D eigenvalue weighted by atomic mass is 10.1. The lowest BCUT2D eigenvalue weighted by molar-refractivity contribution is 0.165. The molecule has 0 fully saturated rings. The number of aromatic nitrogens is 3. The van der Waals surface area contributed by atoms with Crippen LogP contribution in [0.3, 0.4) is 0 Å². The van der Waals surface area contributed by atoms with Gasteiger partial charge in [-0.25, -0.2) is 14.1 Å². The van der Waals surface area contributed by atoms with E-state index in [1.54, 1.807) is 18.5 Å². The molecule has 0 aliphatic carbocycles. The van der Waals surface area contributed by atoms with Crippen LogP contribution in [0.4, 0.5) is 4.39 Å². The summed E-state index contributed by atoms with van der Waals surface area (Å²) in [6.07, 6.45) is 2.82. The topological polar surface area (TPSA) is 63.0 Å². The van der Waals surface area contributed by atoms with Gasteiger partial charge in [0.2, 0.25) is 0 Å². The Balaban J connectivity index is 1.54. The number of nitrogens with one attached hydrogen (secondary N) is 1. The molecule has 0 radical (unpaired) electrons. The fourth-order valence-corrected chi connectivity index (χ4v) is 2.49. The van der Waals surface area contributed by atoms with E-state index in [0.29, 0.717) is 6.54 Å². The second-order valence-corrected chi connectivity index (χ2v) is 5.07. The van der Waals surface area contributed by atoms with E-state index in [1.165, 1.54) is 12.1 Å². The van der Waals surface area contributed by atoms with Gasteiger partial charge in [0.05, 0.1) is 12.6 Å². The summed E-state index contributed by atoms with van der Waals surface area (Å²) in [5, 5.41) is 17.6. The van der Waals surface area contributed by atoms with E-state index in [2.05, 4.69) is 15.4 Å². The summed E-state index contributed by atoms with van der Waals surface area (Å²) in [6, 6.07) is 6.22. The van der Waals surface area contributed by atoms with E-state index in [1.807, 2.05) is 4.68 Å². The van der Waals surface area contributed by atoms with Gasteiger partial charge in [-0.05, 0) is 24.1 Å². The van der Waals surface area contributed by atoms with Gasteiger partial charge in [-0.2, -0.15) is 5.10 Å². The minimum atomic E-state index is -0.632. The lowest BCUT2D eigenvalue weighted by Gasteiger charge is -2.25. The fraction of sp³-hybridized carbons (Fsp3) is 0.429. The van der Waals surface area contributed by atoms with Gasteiger partial charge in [-0.1, -0.05) is 12.1 Å². The first kappa shape index (κ1) is 13.2. The first-order valence-electron chi connectivity index (χ1n) is 6.76. The molecule has 1 aromatic heterocycles. The summed E-state index contributed by atoms with van der Waals surface area (Å²) in [6.45, 7) is 1.21. The average molecular weight is 276 g/mol. The van der Waals surface area contributed by atoms with Gasteiger partial charge < -0.3 is 10.4 Å². The third kappa shape index (κ3) is 2.86. The number of aliphatic hydroxyl groups excluding tert-OH is 1. The van der Waals surface area contributed by atoms with Crippen molar-refractivity contribution in [2.24, 2.45) is 0 Å². The zero-order valence-corrected chi connectivity index (χ0v) is 11.0. The average Bonchev–Trinajstić information content (AvgIpc) is 2.93. The van der Waals surface area contributed by atoms with Gasteiger partial charge >= 0.3 is 0 Å². The largest absolute Gasteiger partial charge is 0.387 e. The van der Waals surface area contributed by atoms with E-state index in [9.17, 15) is 9.50 Å².